The molecule has 0 bridgehead atoms. The first-order valence-corrected chi connectivity index (χ1v) is 5.77. The zero-order valence-electron chi connectivity index (χ0n) is 8.37. The van der Waals surface area contributed by atoms with Gasteiger partial charge >= 0.3 is 0 Å². The van der Waals surface area contributed by atoms with Gasteiger partial charge in [-0.2, -0.15) is 0 Å². The summed E-state index contributed by atoms with van der Waals surface area (Å²) in [5, 5.41) is 4.65. The molecule has 0 unspecified atom stereocenters. The number of carbonyl (C=O) groups excluding carboxylic acids is 1. The Kier molecular flexibility index (Phi) is 3.39. The summed E-state index contributed by atoms with van der Waals surface area (Å²) in [6.45, 7) is 0. The fraction of sp³-hybridized carbons (Fsp3) is 0. The Balaban J connectivity index is 2.57. The summed E-state index contributed by atoms with van der Waals surface area (Å²) in [4.78, 5) is 18.8. The minimum Gasteiger partial charge on any atom is -0.276 e. The smallest absolute Gasteiger partial charge is 0.254 e. The normalized spacial score (nSPS) is 9.71. The van der Waals surface area contributed by atoms with E-state index in [-0.39, 0.29) is 11.3 Å². The Morgan fingerprint density at radius 1 is 1.59 bits per heavy atom. The summed E-state index contributed by atoms with van der Waals surface area (Å²) >= 11 is 6.86. The van der Waals surface area contributed by atoms with E-state index in [2.05, 4.69) is 15.0 Å². The highest BCUT2D eigenvalue weighted by atomic mass is 35.5. The first-order valence-electron chi connectivity index (χ1n) is 4.51. The second kappa shape index (κ2) is 4.97. The van der Waals surface area contributed by atoms with Crippen LogP contribution in [-0.2, 0) is 0 Å². The van der Waals surface area contributed by atoms with Gasteiger partial charge in [-0.05, 0) is 34.6 Å². The number of aromatic nitrogens is 1. The highest BCUT2D eigenvalue weighted by molar-refractivity contribution is 7.13. The standard InChI is InChI=1S/C10H5ClN4OS/c11-10(16)6-5-13-8(4-7(6)14-15-12)9-2-1-3-17-9/h1-5H. The lowest BCUT2D eigenvalue weighted by molar-refractivity contribution is 0.108. The molecule has 0 saturated heterocycles. The van der Waals surface area contributed by atoms with Crippen molar-refractivity contribution in [3.63, 3.8) is 0 Å². The molecular formula is C10H5ClN4OS. The summed E-state index contributed by atoms with van der Waals surface area (Å²) < 4.78 is 0. The van der Waals surface area contributed by atoms with E-state index >= 15 is 0 Å². The molecule has 0 aliphatic heterocycles. The van der Waals surface area contributed by atoms with Gasteiger partial charge in [0.2, 0.25) is 0 Å². The van der Waals surface area contributed by atoms with Crippen LogP contribution in [0, 0.1) is 0 Å². The van der Waals surface area contributed by atoms with E-state index in [1.54, 1.807) is 6.07 Å². The molecule has 0 aliphatic carbocycles. The van der Waals surface area contributed by atoms with Gasteiger partial charge in [0.1, 0.15) is 0 Å². The molecule has 0 spiro atoms. The lowest BCUT2D eigenvalue weighted by Gasteiger charge is -2.02. The Morgan fingerprint density at radius 2 is 2.41 bits per heavy atom. The quantitative estimate of drug-likeness (QED) is 0.361. The SMILES string of the molecule is [N-]=[N+]=Nc1cc(-c2cccs2)ncc1C(=O)Cl. The number of carbonyl (C=O) groups is 1. The zero-order chi connectivity index (χ0) is 12.3. The molecule has 0 saturated carbocycles. The van der Waals surface area contributed by atoms with Crippen molar-refractivity contribution in [2.45, 2.75) is 0 Å². The van der Waals surface area contributed by atoms with Gasteiger partial charge in [-0.3, -0.25) is 9.78 Å². The Bertz CT molecular complexity index is 605. The number of hydrogen-bond donors (Lipinski definition) is 0. The number of halogens is 1. The molecule has 2 heterocycles. The van der Waals surface area contributed by atoms with Crippen molar-refractivity contribution >= 4 is 33.9 Å². The Labute approximate surface area is 105 Å². The average molecular weight is 265 g/mol. The maximum Gasteiger partial charge on any atom is 0.254 e. The summed E-state index contributed by atoms with van der Waals surface area (Å²) in [6, 6.07) is 5.31. The van der Waals surface area contributed by atoms with Crippen LogP contribution in [0.5, 0.6) is 0 Å². The third-order valence-electron chi connectivity index (χ3n) is 2.02. The summed E-state index contributed by atoms with van der Waals surface area (Å²) in [5.74, 6) is 0. The summed E-state index contributed by atoms with van der Waals surface area (Å²) in [6.07, 6.45) is 1.31. The fourth-order valence-electron chi connectivity index (χ4n) is 1.29. The van der Waals surface area contributed by atoms with Gasteiger partial charge in [-0.15, -0.1) is 11.3 Å². The van der Waals surface area contributed by atoms with Gasteiger partial charge in [0.15, 0.2) is 0 Å². The minimum atomic E-state index is -0.697. The lowest BCUT2D eigenvalue weighted by atomic mass is 10.2. The van der Waals surface area contributed by atoms with Crippen molar-refractivity contribution < 1.29 is 4.79 Å². The predicted octanol–water partition coefficient (Wildman–Crippen LogP) is 4.13. The molecule has 0 amide bonds. The van der Waals surface area contributed by atoms with Gasteiger partial charge in [0, 0.05) is 11.1 Å². The highest BCUT2D eigenvalue weighted by Gasteiger charge is 2.11. The van der Waals surface area contributed by atoms with Crippen LogP contribution in [0.1, 0.15) is 10.4 Å². The minimum absolute atomic E-state index is 0.102. The van der Waals surface area contributed by atoms with Crippen LogP contribution in [-0.4, -0.2) is 10.2 Å². The second-order valence-corrected chi connectivity index (χ2v) is 4.32. The third kappa shape index (κ3) is 2.45. The number of thiophene rings is 1. The molecule has 0 aromatic carbocycles. The molecule has 84 valence electrons. The van der Waals surface area contributed by atoms with Crippen molar-refractivity contribution in [3.8, 4) is 10.6 Å². The summed E-state index contributed by atoms with van der Waals surface area (Å²) in [5.41, 5.74) is 9.36. The van der Waals surface area contributed by atoms with E-state index in [1.807, 2.05) is 17.5 Å². The molecule has 2 rings (SSSR count). The van der Waals surface area contributed by atoms with Crippen LogP contribution in [0.15, 0.2) is 34.9 Å². The monoisotopic (exact) mass is 264 g/mol. The van der Waals surface area contributed by atoms with Gasteiger partial charge < -0.3 is 0 Å². The van der Waals surface area contributed by atoms with Crippen LogP contribution in [0.4, 0.5) is 5.69 Å². The molecule has 0 N–H and O–H groups in total. The van der Waals surface area contributed by atoms with E-state index in [0.717, 1.165) is 4.88 Å². The van der Waals surface area contributed by atoms with Gasteiger partial charge in [0.25, 0.3) is 5.24 Å². The molecule has 0 fully saturated rings. The number of azide groups is 1. The van der Waals surface area contributed by atoms with Gasteiger partial charge in [-0.25, -0.2) is 0 Å². The zero-order valence-corrected chi connectivity index (χ0v) is 9.94. The number of nitrogens with zero attached hydrogens (tertiary/aromatic N) is 4. The Hall–Kier alpha value is -1.88. The molecule has 0 aliphatic rings. The van der Waals surface area contributed by atoms with E-state index in [0.29, 0.717) is 5.69 Å². The lowest BCUT2D eigenvalue weighted by Crippen LogP contribution is -1.92. The van der Waals surface area contributed by atoms with Crippen LogP contribution >= 0.6 is 22.9 Å². The maximum atomic E-state index is 11.1. The van der Waals surface area contributed by atoms with Crippen LogP contribution in [0.2, 0.25) is 0 Å². The first-order chi connectivity index (χ1) is 8.22. The fourth-order valence-corrected chi connectivity index (χ4v) is 2.13. The van der Waals surface area contributed by atoms with Crippen molar-refractivity contribution in [3.05, 3.63) is 45.8 Å². The van der Waals surface area contributed by atoms with E-state index in [4.69, 9.17) is 17.1 Å². The summed E-state index contributed by atoms with van der Waals surface area (Å²) in [7, 11) is 0. The molecular weight excluding hydrogens is 260 g/mol. The van der Waals surface area contributed by atoms with E-state index in [9.17, 15) is 4.79 Å². The van der Waals surface area contributed by atoms with Gasteiger partial charge in [0.05, 0.1) is 21.8 Å². The molecule has 7 heteroatoms. The van der Waals surface area contributed by atoms with Crippen molar-refractivity contribution in [2.75, 3.05) is 0 Å². The first kappa shape index (κ1) is 11.6. The molecule has 2 aromatic rings. The van der Waals surface area contributed by atoms with Crippen molar-refractivity contribution in [1.29, 1.82) is 0 Å². The third-order valence-corrected chi connectivity index (χ3v) is 3.12. The molecule has 17 heavy (non-hydrogen) atoms. The molecule has 0 atom stereocenters. The van der Waals surface area contributed by atoms with Crippen LogP contribution in [0.25, 0.3) is 21.0 Å². The average Bonchev–Trinajstić information content (AvgIpc) is 2.82. The van der Waals surface area contributed by atoms with Crippen molar-refractivity contribution in [2.24, 2.45) is 5.11 Å². The number of rotatable bonds is 3. The predicted molar refractivity (Wildman–Crippen MR) is 66.5 cm³/mol. The second-order valence-electron chi connectivity index (χ2n) is 3.03. The van der Waals surface area contributed by atoms with E-state index in [1.165, 1.54) is 17.5 Å². The largest absolute Gasteiger partial charge is 0.276 e. The van der Waals surface area contributed by atoms with Gasteiger partial charge in [-0.1, -0.05) is 11.2 Å². The maximum absolute atomic E-state index is 11.1. The van der Waals surface area contributed by atoms with E-state index < -0.39 is 5.24 Å². The molecule has 0 radical (unpaired) electrons. The van der Waals surface area contributed by atoms with Crippen molar-refractivity contribution in [1.82, 2.24) is 4.98 Å². The Morgan fingerprint density at radius 3 is 3.00 bits per heavy atom. The molecule has 2 aromatic heterocycles. The number of pyridine rings is 1. The molecule has 5 nitrogen and oxygen atoms in total. The number of hydrogen-bond acceptors (Lipinski definition) is 4. The topological polar surface area (TPSA) is 78.7 Å². The van der Waals surface area contributed by atoms with Crippen LogP contribution in [0.3, 0.4) is 0 Å². The highest BCUT2D eigenvalue weighted by Crippen LogP contribution is 2.29. The van der Waals surface area contributed by atoms with Crippen LogP contribution < -0.4 is 0 Å².